The normalized spacial score (nSPS) is 10.6. The molecule has 0 saturated heterocycles. The number of aliphatic imine (C=N–C) groups is 1. The Morgan fingerprint density at radius 3 is 2.94 bits per heavy atom. The zero-order valence-electron chi connectivity index (χ0n) is 9.43. The van der Waals surface area contributed by atoms with Crippen LogP contribution in [0.5, 0.6) is 0 Å². The summed E-state index contributed by atoms with van der Waals surface area (Å²) in [5.41, 5.74) is 0.723. The second-order valence-electron chi connectivity index (χ2n) is 3.53. The molecule has 0 spiro atoms. The summed E-state index contributed by atoms with van der Waals surface area (Å²) in [5.74, 6) is 0.793. The summed E-state index contributed by atoms with van der Waals surface area (Å²) < 4.78 is 0. The minimum absolute atomic E-state index is 0.723. The Bertz CT molecular complexity index is 580. The number of fused-ring (bicyclic) bond motifs is 1. The monoisotopic (exact) mass is 223 g/mol. The molecule has 0 saturated carbocycles. The third-order valence-electron chi connectivity index (χ3n) is 2.33. The molecule has 2 rings (SSSR count). The van der Waals surface area contributed by atoms with E-state index in [-0.39, 0.29) is 0 Å². The number of hydrogen-bond donors (Lipinski definition) is 1. The van der Waals surface area contributed by atoms with Gasteiger partial charge in [-0.05, 0) is 24.2 Å². The Morgan fingerprint density at radius 2 is 2.12 bits per heavy atom. The van der Waals surface area contributed by atoms with Crippen LogP contribution in [0.15, 0.2) is 66.1 Å². The van der Waals surface area contributed by atoms with E-state index in [1.165, 1.54) is 0 Å². The number of nitrogens with one attached hydrogen (secondary N) is 1. The molecule has 1 heterocycles. The molecule has 0 unspecified atom stereocenters. The molecule has 2 aromatic rings. The third kappa shape index (κ3) is 2.58. The van der Waals surface area contributed by atoms with Crippen molar-refractivity contribution in [2.45, 2.75) is 0 Å². The number of hydrogen-bond acceptors (Lipinski definition) is 3. The van der Waals surface area contributed by atoms with Crippen LogP contribution in [0.2, 0.25) is 0 Å². The Hall–Kier alpha value is -2.42. The number of nitrogens with zero attached hydrogens (tertiary/aromatic N) is 2. The van der Waals surface area contributed by atoms with Gasteiger partial charge in [-0.25, -0.2) is 4.98 Å². The van der Waals surface area contributed by atoms with Gasteiger partial charge >= 0.3 is 0 Å². The average Bonchev–Trinajstić information content (AvgIpc) is 2.37. The molecular formula is C14H13N3. The maximum absolute atomic E-state index is 4.30. The SMILES string of the molecule is C=N/C=C\C(=C)Nc1nccc2ccccc12. The van der Waals surface area contributed by atoms with Crippen molar-refractivity contribution in [1.29, 1.82) is 0 Å². The molecule has 0 amide bonds. The van der Waals surface area contributed by atoms with Crippen LogP contribution in [0.25, 0.3) is 10.8 Å². The van der Waals surface area contributed by atoms with Gasteiger partial charge in [0.25, 0.3) is 0 Å². The highest BCUT2D eigenvalue weighted by Crippen LogP contribution is 2.21. The number of aromatic nitrogens is 1. The fourth-order valence-electron chi connectivity index (χ4n) is 1.56. The number of benzene rings is 1. The highest BCUT2D eigenvalue weighted by atomic mass is 15.0. The first kappa shape index (κ1) is 11.1. The first-order valence-electron chi connectivity index (χ1n) is 5.23. The molecule has 1 N–H and O–H groups in total. The van der Waals surface area contributed by atoms with Crippen molar-refractivity contribution in [2.75, 3.05) is 5.32 Å². The molecule has 84 valence electrons. The summed E-state index contributed by atoms with van der Waals surface area (Å²) in [6.45, 7) is 7.24. The fourth-order valence-corrected chi connectivity index (χ4v) is 1.56. The Morgan fingerprint density at radius 1 is 1.29 bits per heavy atom. The van der Waals surface area contributed by atoms with Gasteiger partial charge in [0.2, 0.25) is 0 Å². The summed E-state index contributed by atoms with van der Waals surface area (Å²) in [7, 11) is 0. The maximum atomic E-state index is 4.30. The smallest absolute Gasteiger partial charge is 0.138 e. The van der Waals surface area contributed by atoms with Gasteiger partial charge in [0.1, 0.15) is 5.82 Å². The lowest BCUT2D eigenvalue weighted by atomic mass is 10.1. The zero-order chi connectivity index (χ0) is 12.1. The van der Waals surface area contributed by atoms with Gasteiger partial charge in [0, 0.05) is 23.5 Å². The maximum Gasteiger partial charge on any atom is 0.138 e. The number of allylic oxidation sites excluding steroid dienone is 1. The van der Waals surface area contributed by atoms with Crippen LogP contribution in [0.4, 0.5) is 5.82 Å². The summed E-state index contributed by atoms with van der Waals surface area (Å²) in [4.78, 5) is 7.93. The van der Waals surface area contributed by atoms with E-state index in [0.29, 0.717) is 0 Å². The number of anilines is 1. The van der Waals surface area contributed by atoms with Crippen LogP contribution >= 0.6 is 0 Å². The summed E-state index contributed by atoms with van der Waals surface area (Å²) >= 11 is 0. The van der Waals surface area contributed by atoms with Gasteiger partial charge in [0.05, 0.1) is 0 Å². The van der Waals surface area contributed by atoms with Crippen molar-refractivity contribution in [1.82, 2.24) is 4.98 Å². The molecule has 1 aromatic heterocycles. The molecule has 0 radical (unpaired) electrons. The lowest BCUT2D eigenvalue weighted by molar-refractivity contribution is 1.31. The topological polar surface area (TPSA) is 37.3 Å². The third-order valence-corrected chi connectivity index (χ3v) is 2.33. The predicted molar refractivity (Wildman–Crippen MR) is 73.2 cm³/mol. The lowest BCUT2D eigenvalue weighted by Gasteiger charge is -2.07. The molecule has 0 atom stereocenters. The largest absolute Gasteiger partial charge is 0.340 e. The molecule has 0 aliphatic heterocycles. The van der Waals surface area contributed by atoms with Gasteiger partial charge < -0.3 is 5.32 Å². The van der Waals surface area contributed by atoms with Crippen LogP contribution in [-0.2, 0) is 0 Å². The van der Waals surface area contributed by atoms with Crippen LogP contribution in [0, 0.1) is 0 Å². The number of rotatable bonds is 4. The second-order valence-corrected chi connectivity index (χ2v) is 3.53. The van der Waals surface area contributed by atoms with Crippen LogP contribution in [-0.4, -0.2) is 11.7 Å². The summed E-state index contributed by atoms with van der Waals surface area (Å²) in [6, 6.07) is 10.0. The standard InChI is InChI=1S/C14H13N3/c1-11(7-9-15-2)17-14-13-6-4-3-5-12(13)8-10-16-14/h3-10H,1-2H2,(H,16,17)/b9-7-. The first-order valence-corrected chi connectivity index (χ1v) is 5.23. The van der Waals surface area contributed by atoms with Crippen molar-refractivity contribution in [2.24, 2.45) is 4.99 Å². The number of pyridine rings is 1. The molecule has 0 bridgehead atoms. The van der Waals surface area contributed by atoms with E-state index >= 15 is 0 Å². The van der Waals surface area contributed by atoms with Crippen LogP contribution in [0.3, 0.4) is 0 Å². The lowest BCUT2D eigenvalue weighted by Crippen LogP contribution is -1.98. The first-order chi connectivity index (χ1) is 8.31. The quantitative estimate of drug-likeness (QED) is 0.637. The van der Waals surface area contributed by atoms with E-state index < -0.39 is 0 Å². The molecule has 3 nitrogen and oxygen atoms in total. The summed E-state index contributed by atoms with van der Waals surface area (Å²) in [6.07, 6.45) is 5.10. The minimum Gasteiger partial charge on any atom is -0.340 e. The van der Waals surface area contributed by atoms with E-state index in [0.717, 1.165) is 22.3 Å². The highest BCUT2D eigenvalue weighted by molar-refractivity contribution is 5.92. The molecule has 3 heteroatoms. The Balaban J connectivity index is 2.33. The molecule has 0 fully saturated rings. The predicted octanol–water partition coefficient (Wildman–Crippen LogP) is 3.37. The van der Waals surface area contributed by atoms with Crippen molar-refractivity contribution in [3.8, 4) is 0 Å². The molecule has 0 aliphatic rings. The molecule has 1 aromatic carbocycles. The average molecular weight is 223 g/mol. The van der Waals surface area contributed by atoms with Crippen molar-refractivity contribution < 1.29 is 0 Å². The van der Waals surface area contributed by atoms with E-state index in [2.05, 4.69) is 28.6 Å². The van der Waals surface area contributed by atoms with E-state index in [9.17, 15) is 0 Å². The highest BCUT2D eigenvalue weighted by Gasteiger charge is 2.00. The van der Waals surface area contributed by atoms with Crippen LogP contribution in [0.1, 0.15) is 0 Å². The van der Waals surface area contributed by atoms with Crippen molar-refractivity contribution in [3.05, 3.63) is 61.1 Å². The molecular weight excluding hydrogens is 210 g/mol. The fraction of sp³-hybridized carbons (Fsp3) is 0. The van der Waals surface area contributed by atoms with E-state index in [4.69, 9.17) is 0 Å². The van der Waals surface area contributed by atoms with Gasteiger partial charge in [-0.3, -0.25) is 4.99 Å². The van der Waals surface area contributed by atoms with Crippen molar-refractivity contribution in [3.63, 3.8) is 0 Å². The molecule has 0 aliphatic carbocycles. The summed E-state index contributed by atoms with van der Waals surface area (Å²) in [5, 5.41) is 5.35. The Labute approximate surface area is 100 Å². The second kappa shape index (κ2) is 5.07. The zero-order valence-corrected chi connectivity index (χ0v) is 9.43. The van der Waals surface area contributed by atoms with Gasteiger partial charge in [-0.2, -0.15) is 0 Å². The molecule has 17 heavy (non-hydrogen) atoms. The van der Waals surface area contributed by atoms with Gasteiger partial charge in [-0.15, -0.1) is 0 Å². The minimum atomic E-state index is 0.723. The van der Waals surface area contributed by atoms with E-state index in [1.807, 2.05) is 30.3 Å². The van der Waals surface area contributed by atoms with Gasteiger partial charge in [-0.1, -0.05) is 30.8 Å². The van der Waals surface area contributed by atoms with Crippen LogP contribution < -0.4 is 5.32 Å². The van der Waals surface area contributed by atoms with Crippen molar-refractivity contribution >= 4 is 23.3 Å². The van der Waals surface area contributed by atoms with E-state index in [1.54, 1.807) is 18.5 Å². The Kier molecular flexibility index (Phi) is 3.31. The van der Waals surface area contributed by atoms with Gasteiger partial charge in [0.15, 0.2) is 0 Å².